The second-order valence-corrected chi connectivity index (χ2v) is 6.80. The summed E-state index contributed by atoms with van der Waals surface area (Å²) in [6.07, 6.45) is 3.64. The molecule has 2 saturated heterocycles. The third-order valence-electron chi connectivity index (χ3n) is 5.23. The van der Waals surface area contributed by atoms with Crippen molar-refractivity contribution in [3.05, 3.63) is 0 Å². The van der Waals surface area contributed by atoms with Crippen molar-refractivity contribution in [1.82, 2.24) is 9.80 Å². The molecule has 0 aromatic heterocycles. The summed E-state index contributed by atoms with van der Waals surface area (Å²) in [5.41, 5.74) is 0. The van der Waals surface area contributed by atoms with Gasteiger partial charge in [0.15, 0.2) is 0 Å². The average Bonchev–Trinajstić information content (AvgIpc) is 3.26. The monoisotopic (exact) mass is 310 g/mol. The van der Waals surface area contributed by atoms with Crippen molar-refractivity contribution in [1.29, 1.82) is 0 Å². The summed E-state index contributed by atoms with van der Waals surface area (Å²) in [6, 6.07) is 0. The van der Waals surface area contributed by atoms with Crippen LogP contribution in [-0.4, -0.2) is 72.7 Å². The maximum atomic E-state index is 12.3. The first-order valence-corrected chi connectivity index (χ1v) is 8.46. The number of ether oxygens (including phenoxy) is 1. The van der Waals surface area contributed by atoms with Gasteiger partial charge in [0, 0.05) is 32.6 Å². The maximum absolute atomic E-state index is 12.3. The van der Waals surface area contributed by atoms with Crippen molar-refractivity contribution in [2.24, 2.45) is 17.8 Å². The highest BCUT2D eigenvalue weighted by Crippen LogP contribution is 2.44. The van der Waals surface area contributed by atoms with Crippen LogP contribution in [-0.2, 0) is 14.3 Å². The topological polar surface area (TPSA) is 70.1 Å². The molecule has 22 heavy (non-hydrogen) atoms. The summed E-state index contributed by atoms with van der Waals surface area (Å²) in [4.78, 5) is 27.8. The Labute approximate surface area is 131 Å². The molecule has 0 bridgehead atoms. The first-order valence-electron chi connectivity index (χ1n) is 8.46. The van der Waals surface area contributed by atoms with Gasteiger partial charge in [0.05, 0.1) is 19.1 Å². The number of likely N-dealkylation sites (tertiary alicyclic amines) is 1. The summed E-state index contributed by atoms with van der Waals surface area (Å²) >= 11 is 0. The molecule has 2 aliphatic heterocycles. The van der Waals surface area contributed by atoms with Crippen LogP contribution in [0.25, 0.3) is 0 Å². The minimum Gasteiger partial charge on any atom is -0.481 e. The molecular formula is C16H26N2O4. The lowest BCUT2D eigenvalue weighted by molar-refractivity contribution is -0.142. The molecule has 124 valence electrons. The van der Waals surface area contributed by atoms with Gasteiger partial charge in [-0.1, -0.05) is 0 Å². The van der Waals surface area contributed by atoms with Crippen molar-refractivity contribution >= 4 is 11.9 Å². The van der Waals surface area contributed by atoms with Crippen LogP contribution in [0.15, 0.2) is 0 Å². The van der Waals surface area contributed by atoms with Gasteiger partial charge in [0.1, 0.15) is 0 Å². The van der Waals surface area contributed by atoms with E-state index < -0.39 is 5.97 Å². The molecular weight excluding hydrogens is 284 g/mol. The highest BCUT2D eigenvalue weighted by molar-refractivity contribution is 5.79. The maximum Gasteiger partial charge on any atom is 0.308 e. The van der Waals surface area contributed by atoms with E-state index in [0.717, 1.165) is 52.1 Å². The van der Waals surface area contributed by atoms with E-state index in [1.54, 1.807) is 4.90 Å². The van der Waals surface area contributed by atoms with Gasteiger partial charge >= 0.3 is 5.97 Å². The third-order valence-corrected chi connectivity index (χ3v) is 5.23. The predicted molar refractivity (Wildman–Crippen MR) is 80.4 cm³/mol. The number of nitrogens with zero attached hydrogens (tertiary/aromatic N) is 2. The molecule has 6 nitrogen and oxygen atoms in total. The largest absolute Gasteiger partial charge is 0.481 e. The second-order valence-electron chi connectivity index (χ2n) is 6.80. The first-order chi connectivity index (χ1) is 10.6. The number of hydrogen-bond acceptors (Lipinski definition) is 4. The van der Waals surface area contributed by atoms with Crippen LogP contribution in [0.1, 0.15) is 25.7 Å². The van der Waals surface area contributed by atoms with Crippen LogP contribution < -0.4 is 0 Å². The molecule has 0 radical (unpaired) electrons. The number of rotatable bonds is 6. The van der Waals surface area contributed by atoms with Gasteiger partial charge in [-0.15, -0.1) is 0 Å². The number of aliphatic carboxylic acids is 1. The van der Waals surface area contributed by atoms with E-state index in [4.69, 9.17) is 4.74 Å². The zero-order chi connectivity index (χ0) is 15.5. The Morgan fingerprint density at radius 1 is 1.14 bits per heavy atom. The Bertz CT molecular complexity index is 418. The van der Waals surface area contributed by atoms with E-state index in [2.05, 4.69) is 4.90 Å². The molecule has 2 atom stereocenters. The standard InChI is InChI=1S/C16H26N2O4/c19-15(2-1-5-17-6-8-22-9-7-17)18-10-13(12-3-4-12)14(11-18)16(20)21/h12-14H,1-11H2,(H,20,21)/t13-,14+/m0/s1. The zero-order valence-electron chi connectivity index (χ0n) is 13.1. The van der Waals surface area contributed by atoms with Crippen LogP contribution in [0.3, 0.4) is 0 Å². The fourth-order valence-corrected chi connectivity index (χ4v) is 3.73. The lowest BCUT2D eigenvalue weighted by atomic mass is 9.92. The van der Waals surface area contributed by atoms with Crippen molar-refractivity contribution in [3.63, 3.8) is 0 Å². The van der Waals surface area contributed by atoms with Crippen LogP contribution in [0, 0.1) is 17.8 Å². The Morgan fingerprint density at radius 3 is 2.50 bits per heavy atom. The van der Waals surface area contributed by atoms with Gasteiger partial charge in [-0.05, 0) is 37.6 Å². The van der Waals surface area contributed by atoms with Crippen molar-refractivity contribution in [2.45, 2.75) is 25.7 Å². The van der Waals surface area contributed by atoms with Gasteiger partial charge in [-0.25, -0.2) is 0 Å². The molecule has 0 aromatic carbocycles. The summed E-state index contributed by atoms with van der Waals surface area (Å²) in [6.45, 7) is 5.45. The predicted octanol–water partition coefficient (Wildman–Crippen LogP) is 0.668. The molecule has 0 aromatic rings. The Kier molecular flexibility index (Phi) is 4.98. The number of carboxylic acids is 1. The zero-order valence-corrected chi connectivity index (χ0v) is 13.1. The molecule has 3 aliphatic rings. The molecule has 3 fully saturated rings. The average molecular weight is 310 g/mol. The van der Waals surface area contributed by atoms with Crippen LogP contribution >= 0.6 is 0 Å². The minimum absolute atomic E-state index is 0.127. The van der Waals surface area contributed by atoms with Crippen molar-refractivity contribution < 1.29 is 19.4 Å². The second kappa shape index (κ2) is 6.96. The molecule has 2 heterocycles. The van der Waals surface area contributed by atoms with E-state index >= 15 is 0 Å². The molecule has 1 aliphatic carbocycles. The van der Waals surface area contributed by atoms with Gasteiger partial charge in [0.2, 0.25) is 5.91 Å². The van der Waals surface area contributed by atoms with E-state index in [-0.39, 0.29) is 17.7 Å². The highest BCUT2D eigenvalue weighted by Gasteiger charge is 2.46. The fraction of sp³-hybridized carbons (Fsp3) is 0.875. The summed E-state index contributed by atoms with van der Waals surface area (Å²) in [7, 11) is 0. The quantitative estimate of drug-likeness (QED) is 0.781. The van der Waals surface area contributed by atoms with Crippen LogP contribution in [0.5, 0.6) is 0 Å². The number of carbonyl (C=O) groups is 2. The summed E-state index contributed by atoms with van der Waals surface area (Å²) in [5.74, 6) is -0.244. The number of carboxylic acid groups (broad SMARTS) is 1. The summed E-state index contributed by atoms with van der Waals surface area (Å²) < 4.78 is 5.31. The molecule has 3 rings (SSSR count). The van der Waals surface area contributed by atoms with Crippen molar-refractivity contribution in [2.75, 3.05) is 45.9 Å². The smallest absolute Gasteiger partial charge is 0.308 e. The molecule has 6 heteroatoms. The Hall–Kier alpha value is -1.14. The lowest BCUT2D eigenvalue weighted by Crippen LogP contribution is -2.37. The van der Waals surface area contributed by atoms with Gasteiger partial charge < -0.3 is 14.7 Å². The van der Waals surface area contributed by atoms with E-state index in [1.165, 1.54) is 0 Å². The minimum atomic E-state index is -0.736. The normalized spacial score (nSPS) is 29.7. The highest BCUT2D eigenvalue weighted by atomic mass is 16.5. The number of amides is 1. The molecule has 0 unspecified atom stereocenters. The molecule has 1 amide bonds. The van der Waals surface area contributed by atoms with Crippen LogP contribution in [0.4, 0.5) is 0 Å². The molecule has 0 spiro atoms. The van der Waals surface area contributed by atoms with E-state index in [9.17, 15) is 14.7 Å². The number of hydrogen-bond donors (Lipinski definition) is 1. The van der Waals surface area contributed by atoms with Gasteiger partial charge in [0.25, 0.3) is 0 Å². The lowest BCUT2D eigenvalue weighted by Gasteiger charge is -2.26. The fourth-order valence-electron chi connectivity index (χ4n) is 3.73. The molecule has 1 N–H and O–H groups in total. The Morgan fingerprint density at radius 2 is 1.86 bits per heavy atom. The van der Waals surface area contributed by atoms with Gasteiger partial charge in [-0.3, -0.25) is 14.5 Å². The van der Waals surface area contributed by atoms with Gasteiger partial charge in [-0.2, -0.15) is 0 Å². The van der Waals surface area contributed by atoms with Crippen LogP contribution in [0.2, 0.25) is 0 Å². The Balaban J connectivity index is 1.43. The van der Waals surface area contributed by atoms with E-state index in [0.29, 0.717) is 25.4 Å². The SMILES string of the molecule is O=C(O)[C@@H]1CN(C(=O)CCCN2CCOCC2)C[C@H]1C1CC1. The summed E-state index contributed by atoms with van der Waals surface area (Å²) in [5, 5.41) is 9.35. The third kappa shape index (κ3) is 3.79. The van der Waals surface area contributed by atoms with E-state index in [1.807, 2.05) is 0 Å². The molecule has 1 saturated carbocycles. The number of carbonyl (C=O) groups excluding carboxylic acids is 1. The van der Waals surface area contributed by atoms with Crippen molar-refractivity contribution in [3.8, 4) is 0 Å². The first kappa shape index (κ1) is 15.7. The number of morpholine rings is 1.